The first-order chi connectivity index (χ1) is 6.70. The second kappa shape index (κ2) is 7.98. The average Bonchev–Trinajstić information content (AvgIpc) is 2.21. The van der Waals surface area contributed by atoms with Gasteiger partial charge in [0.25, 0.3) is 0 Å². The maximum Gasteiger partial charge on any atom is 0.169 e. The van der Waals surface area contributed by atoms with Crippen molar-refractivity contribution in [2.45, 2.75) is 19.9 Å². The summed E-state index contributed by atoms with van der Waals surface area (Å²) in [6, 6.07) is 6.01. The predicted octanol–water partition coefficient (Wildman–Crippen LogP) is 0.306. The van der Waals surface area contributed by atoms with Crippen molar-refractivity contribution in [3.05, 3.63) is 43.2 Å². The Labute approximate surface area is 84.3 Å². The first kappa shape index (κ1) is 12.4. The standard InChI is InChI=1S/C8H10N.C3H6O2/c1-2-6-9-7-4-3-5-8-9;1-2-3(4)5/h2-5,7-8H,1,6H2;2H2,1H3,(H,4,5)/q+1;/p-1. The molecular formula is C11H15NO2. The number of carbonyl (C=O) groups is 1. The van der Waals surface area contributed by atoms with Crippen LogP contribution in [0.25, 0.3) is 0 Å². The van der Waals surface area contributed by atoms with Crippen LogP contribution in [0, 0.1) is 0 Å². The van der Waals surface area contributed by atoms with E-state index in [1.807, 2.05) is 36.7 Å². The Hall–Kier alpha value is -1.64. The first-order valence-corrected chi connectivity index (χ1v) is 4.45. The van der Waals surface area contributed by atoms with Crippen molar-refractivity contribution in [1.82, 2.24) is 0 Å². The zero-order valence-electron chi connectivity index (χ0n) is 8.35. The molecule has 1 rings (SSSR count). The van der Waals surface area contributed by atoms with E-state index in [1.165, 1.54) is 6.92 Å². The minimum absolute atomic E-state index is 0.111. The highest BCUT2D eigenvalue weighted by Gasteiger charge is 1.88. The zero-order chi connectivity index (χ0) is 10.8. The molecule has 1 aromatic rings. The van der Waals surface area contributed by atoms with Gasteiger partial charge in [0.15, 0.2) is 18.9 Å². The Balaban J connectivity index is 0.000000292. The van der Waals surface area contributed by atoms with E-state index in [0.29, 0.717) is 0 Å². The molecule has 0 atom stereocenters. The van der Waals surface area contributed by atoms with E-state index < -0.39 is 5.97 Å². The van der Waals surface area contributed by atoms with Gasteiger partial charge in [-0.2, -0.15) is 0 Å². The summed E-state index contributed by atoms with van der Waals surface area (Å²) in [5.74, 6) is -0.995. The van der Waals surface area contributed by atoms with Crippen LogP contribution in [-0.4, -0.2) is 5.97 Å². The predicted molar refractivity (Wildman–Crippen MR) is 52.1 cm³/mol. The smallest absolute Gasteiger partial charge is 0.169 e. The summed E-state index contributed by atoms with van der Waals surface area (Å²) >= 11 is 0. The molecule has 0 aliphatic heterocycles. The van der Waals surface area contributed by atoms with Crippen molar-refractivity contribution in [2.75, 3.05) is 0 Å². The van der Waals surface area contributed by atoms with Crippen molar-refractivity contribution in [3.63, 3.8) is 0 Å². The SMILES string of the molecule is C=CC[n+]1ccccc1.CCC(=O)[O-]. The van der Waals surface area contributed by atoms with Gasteiger partial charge >= 0.3 is 0 Å². The Morgan fingerprint density at radius 2 is 1.93 bits per heavy atom. The van der Waals surface area contributed by atoms with Gasteiger partial charge in [-0.1, -0.05) is 19.6 Å². The highest BCUT2D eigenvalue weighted by atomic mass is 16.4. The summed E-state index contributed by atoms with van der Waals surface area (Å²) in [5, 5.41) is 9.26. The molecule has 0 spiro atoms. The molecule has 1 heterocycles. The molecule has 3 heteroatoms. The molecule has 3 nitrogen and oxygen atoms in total. The molecule has 0 fully saturated rings. The first-order valence-electron chi connectivity index (χ1n) is 4.45. The number of aliphatic carboxylic acids is 1. The van der Waals surface area contributed by atoms with Gasteiger partial charge in [0.2, 0.25) is 0 Å². The monoisotopic (exact) mass is 193 g/mol. The van der Waals surface area contributed by atoms with Crippen molar-refractivity contribution in [2.24, 2.45) is 0 Å². The number of hydrogen-bond acceptors (Lipinski definition) is 2. The lowest BCUT2D eigenvalue weighted by molar-refractivity contribution is -0.687. The maximum atomic E-state index is 9.26. The normalized spacial score (nSPS) is 8.36. The summed E-state index contributed by atoms with van der Waals surface area (Å²) in [6.07, 6.45) is 6.02. The highest BCUT2D eigenvalue weighted by molar-refractivity contribution is 5.63. The van der Waals surface area contributed by atoms with Crippen LogP contribution in [0.1, 0.15) is 13.3 Å². The van der Waals surface area contributed by atoms with Crippen LogP contribution in [0.2, 0.25) is 0 Å². The molecule has 0 aliphatic rings. The van der Waals surface area contributed by atoms with Crippen LogP contribution in [0.4, 0.5) is 0 Å². The van der Waals surface area contributed by atoms with Crippen LogP contribution in [0.3, 0.4) is 0 Å². The zero-order valence-corrected chi connectivity index (χ0v) is 8.35. The van der Waals surface area contributed by atoms with Gasteiger partial charge in [-0.15, -0.1) is 0 Å². The summed E-state index contributed by atoms with van der Waals surface area (Å²) in [4.78, 5) is 9.26. The van der Waals surface area contributed by atoms with Gasteiger partial charge in [-0.25, -0.2) is 4.57 Å². The lowest BCUT2D eigenvalue weighted by Gasteiger charge is -1.87. The van der Waals surface area contributed by atoms with Gasteiger partial charge in [0.05, 0.1) is 0 Å². The molecule has 0 N–H and O–H groups in total. The lowest BCUT2D eigenvalue weighted by atomic mass is 10.5. The molecule has 76 valence electrons. The molecule has 0 aliphatic carbocycles. The molecule has 0 unspecified atom stereocenters. The summed E-state index contributed by atoms with van der Waals surface area (Å²) in [7, 11) is 0. The summed E-state index contributed by atoms with van der Waals surface area (Å²) < 4.78 is 2.06. The third-order valence-electron chi connectivity index (χ3n) is 1.41. The Bertz CT molecular complexity index is 270. The topological polar surface area (TPSA) is 44.0 Å². The molecule has 0 saturated carbocycles. The van der Waals surface area contributed by atoms with Crippen LogP contribution in [0.15, 0.2) is 43.2 Å². The number of carboxylic acid groups (broad SMARTS) is 1. The number of carbonyl (C=O) groups excluding carboxylic acids is 1. The van der Waals surface area contributed by atoms with Crippen LogP contribution in [-0.2, 0) is 11.3 Å². The maximum absolute atomic E-state index is 9.26. The van der Waals surface area contributed by atoms with E-state index >= 15 is 0 Å². The number of aromatic nitrogens is 1. The third kappa shape index (κ3) is 7.03. The molecule has 0 saturated heterocycles. The quantitative estimate of drug-likeness (QED) is 0.512. The largest absolute Gasteiger partial charge is 0.550 e. The number of pyridine rings is 1. The van der Waals surface area contributed by atoms with Gasteiger partial charge in [-0.05, 0) is 12.5 Å². The lowest BCUT2D eigenvalue weighted by Crippen LogP contribution is -2.30. The fraction of sp³-hybridized carbons (Fsp3) is 0.273. The van der Waals surface area contributed by atoms with Gasteiger partial charge in [0.1, 0.15) is 0 Å². The van der Waals surface area contributed by atoms with Crippen LogP contribution < -0.4 is 9.67 Å². The van der Waals surface area contributed by atoms with Crippen molar-refractivity contribution < 1.29 is 14.5 Å². The van der Waals surface area contributed by atoms with E-state index in [0.717, 1.165) is 6.54 Å². The van der Waals surface area contributed by atoms with E-state index in [1.54, 1.807) is 0 Å². The number of rotatable bonds is 3. The molecule has 0 bridgehead atoms. The van der Waals surface area contributed by atoms with Crippen molar-refractivity contribution >= 4 is 5.97 Å². The fourth-order valence-corrected chi connectivity index (χ4v) is 0.705. The molecule has 14 heavy (non-hydrogen) atoms. The number of carboxylic acids is 1. The van der Waals surface area contributed by atoms with E-state index in [-0.39, 0.29) is 6.42 Å². The summed E-state index contributed by atoms with van der Waals surface area (Å²) in [5.41, 5.74) is 0. The molecule has 0 amide bonds. The number of hydrogen-bond donors (Lipinski definition) is 0. The second-order valence-electron chi connectivity index (χ2n) is 2.59. The second-order valence-corrected chi connectivity index (χ2v) is 2.59. The summed E-state index contributed by atoms with van der Waals surface area (Å²) in [6.45, 7) is 6.06. The molecular weight excluding hydrogens is 178 g/mol. The minimum atomic E-state index is -0.995. The molecule has 0 radical (unpaired) electrons. The molecule has 0 aromatic carbocycles. The van der Waals surface area contributed by atoms with Crippen molar-refractivity contribution in [3.8, 4) is 0 Å². The Kier molecular flexibility index (Phi) is 7.05. The minimum Gasteiger partial charge on any atom is -0.550 e. The Morgan fingerprint density at radius 1 is 1.43 bits per heavy atom. The van der Waals surface area contributed by atoms with Crippen molar-refractivity contribution in [1.29, 1.82) is 0 Å². The van der Waals surface area contributed by atoms with Gasteiger partial charge in [0, 0.05) is 18.1 Å². The van der Waals surface area contributed by atoms with Crippen LogP contribution >= 0.6 is 0 Å². The van der Waals surface area contributed by atoms with Gasteiger partial charge < -0.3 is 9.90 Å². The van der Waals surface area contributed by atoms with E-state index in [4.69, 9.17) is 0 Å². The highest BCUT2D eigenvalue weighted by Crippen LogP contribution is 1.75. The fourth-order valence-electron chi connectivity index (χ4n) is 0.705. The number of allylic oxidation sites excluding steroid dienone is 1. The average molecular weight is 193 g/mol. The number of nitrogens with zero attached hydrogens (tertiary/aromatic N) is 1. The van der Waals surface area contributed by atoms with E-state index in [9.17, 15) is 9.90 Å². The molecule has 1 aromatic heterocycles. The Morgan fingerprint density at radius 3 is 2.29 bits per heavy atom. The third-order valence-corrected chi connectivity index (χ3v) is 1.41. The van der Waals surface area contributed by atoms with E-state index in [2.05, 4.69) is 11.1 Å². The van der Waals surface area contributed by atoms with Crippen LogP contribution in [0.5, 0.6) is 0 Å². The van der Waals surface area contributed by atoms with Gasteiger partial charge in [-0.3, -0.25) is 0 Å².